The van der Waals surface area contributed by atoms with Crippen LogP contribution in [0, 0.1) is 19.7 Å². The lowest BCUT2D eigenvalue weighted by molar-refractivity contribution is -0.139. The van der Waals surface area contributed by atoms with E-state index in [1.807, 2.05) is 13.8 Å². The predicted octanol–water partition coefficient (Wildman–Crippen LogP) is 4.45. The highest BCUT2D eigenvalue weighted by Crippen LogP contribution is 2.27. The molecule has 3 rings (SSSR count). The first-order valence-corrected chi connectivity index (χ1v) is 13.4. The van der Waals surface area contributed by atoms with Crippen molar-refractivity contribution in [1.82, 2.24) is 10.2 Å². The molecule has 37 heavy (non-hydrogen) atoms. The van der Waals surface area contributed by atoms with Crippen LogP contribution in [-0.4, -0.2) is 44.8 Å². The van der Waals surface area contributed by atoms with Crippen LogP contribution in [0.25, 0.3) is 0 Å². The average molecular weight is 546 g/mol. The van der Waals surface area contributed by atoms with E-state index in [0.29, 0.717) is 5.02 Å². The van der Waals surface area contributed by atoms with Gasteiger partial charge >= 0.3 is 0 Å². The summed E-state index contributed by atoms with van der Waals surface area (Å²) in [4.78, 5) is 27.3. The molecule has 1 N–H and O–H groups in total. The number of hydrogen-bond donors (Lipinski definition) is 1. The number of benzene rings is 3. The van der Waals surface area contributed by atoms with Crippen LogP contribution in [0.1, 0.15) is 23.6 Å². The number of hydrogen-bond acceptors (Lipinski definition) is 4. The van der Waals surface area contributed by atoms with Gasteiger partial charge in [-0.1, -0.05) is 35.9 Å². The fraction of sp³-hybridized carbons (Fsp3) is 0.259. The lowest BCUT2D eigenvalue weighted by Gasteiger charge is -2.32. The van der Waals surface area contributed by atoms with Crippen LogP contribution in [0.3, 0.4) is 0 Å². The van der Waals surface area contributed by atoms with Gasteiger partial charge in [-0.15, -0.1) is 0 Å². The molecule has 3 aromatic carbocycles. The molecule has 0 fully saturated rings. The summed E-state index contributed by atoms with van der Waals surface area (Å²) in [5, 5.41) is 2.85. The fourth-order valence-corrected chi connectivity index (χ4v) is 5.28. The zero-order valence-electron chi connectivity index (χ0n) is 21.0. The van der Waals surface area contributed by atoms with E-state index in [1.165, 1.54) is 61.3 Å². The molecule has 2 amide bonds. The van der Waals surface area contributed by atoms with Gasteiger partial charge < -0.3 is 10.2 Å². The zero-order valence-corrected chi connectivity index (χ0v) is 22.6. The molecule has 0 radical (unpaired) electrons. The van der Waals surface area contributed by atoms with Crippen LogP contribution in [0.5, 0.6) is 0 Å². The number of likely N-dealkylation sites (N-methyl/N-ethyl adjacent to an activating group) is 1. The Hall–Kier alpha value is -3.43. The minimum atomic E-state index is -4.21. The van der Waals surface area contributed by atoms with Crippen molar-refractivity contribution in [2.75, 3.05) is 17.9 Å². The second-order valence-corrected chi connectivity index (χ2v) is 10.9. The zero-order chi connectivity index (χ0) is 27.3. The van der Waals surface area contributed by atoms with Crippen molar-refractivity contribution in [3.8, 4) is 0 Å². The first kappa shape index (κ1) is 28.1. The number of rotatable bonds is 9. The molecule has 3 aromatic rings. The van der Waals surface area contributed by atoms with Crippen molar-refractivity contribution in [2.24, 2.45) is 0 Å². The van der Waals surface area contributed by atoms with Gasteiger partial charge in [-0.3, -0.25) is 13.9 Å². The van der Waals surface area contributed by atoms with Gasteiger partial charge in [-0.2, -0.15) is 0 Å². The molecular formula is C27H29ClFN3O4S. The monoisotopic (exact) mass is 545 g/mol. The number of carbonyl (C=O) groups is 2. The van der Waals surface area contributed by atoms with E-state index in [1.54, 1.807) is 24.3 Å². The average Bonchev–Trinajstić information content (AvgIpc) is 2.87. The number of anilines is 1. The Morgan fingerprint density at radius 2 is 1.65 bits per heavy atom. The Labute approximate surface area is 221 Å². The van der Waals surface area contributed by atoms with Crippen molar-refractivity contribution in [1.29, 1.82) is 0 Å². The van der Waals surface area contributed by atoms with Gasteiger partial charge in [0.25, 0.3) is 10.0 Å². The third-order valence-electron chi connectivity index (χ3n) is 6.17. The number of aryl methyl sites for hydroxylation is 2. The molecule has 10 heteroatoms. The summed E-state index contributed by atoms with van der Waals surface area (Å²) in [5.41, 5.74) is 2.27. The molecule has 0 heterocycles. The van der Waals surface area contributed by atoms with E-state index in [0.717, 1.165) is 15.4 Å². The SMILES string of the molecule is CNC(=O)[C@H](C)N(Cc1ccccc1F)C(=O)CN(c1ccc(C)c(C)c1)S(=O)(=O)c1ccc(Cl)cc1. The number of halogens is 2. The van der Waals surface area contributed by atoms with Crippen LogP contribution in [0.15, 0.2) is 71.6 Å². The van der Waals surface area contributed by atoms with Gasteiger partial charge in [0.2, 0.25) is 11.8 Å². The minimum absolute atomic E-state index is 0.0528. The van der Waals surface area contributed by atoms with Gasteiger partial charge in [0.1, 0.15) is 18.4 Å². The Morgan fingerprint density at radius 1 is 1.00 bits per heavy atom. The van der Waals surface area contributed by atoms with Crippen molar-refractivity contribution in [3.05, 3.63) is 94.3 Å². The molecule has 196 valence electrons. The first-order valence-electron chi connectivity index (χ1n) is 11.6. The standard InChI is InChI=1S/C27H29ClFN3O4S/c1-18-9-12-23(15-19(18)2)32(37(35,36)24-13-10-22(28)11-14-24)17-26(33)31(20(3)27(34)30-4)16-21-7-5-6-8-25(21)29/h5-15,20H,16-17H2,1-4H3,(H,30,34)/t20-/m0/s1. The lowest BCUT2D eigenvalue weighted by atomic mass is 10.1. The minimum Gasteiger partial charge on any atom is -0.357 e. The molecule has 1 atom stereocenters. The van der Waals surface area contributed by atoms with Crippen LogP contribution in [-0.2, 0) is 26.2 Å². The smallest absolute Gasteiger partial charge is 0.264 e. The number of nitrogens with zero attached hydrogens (tertiary/aromatic N) is 2. The predicted molar refractivity (Wildman–Crippen MR) is 142 cm³/mol. The fourth-order valence-electron chi connectivity index (χ4n) is 3.74. The largest absolute Gasteiger partial charge is 0.357 e. The highest BCUT2D eigenvalue weighted by Gasteiger charge is 2.32. The highest BCUT2D eigenvalue weighted by molar-refractivity contribution is 7.92. The molecule has 7 nitrogen and oxygen atoms in total. The summed E-state index contributed by atoms with van der Waals surface area (Å²) < 4.78 is 42.9. The van der Waals surface area contributed by atoms with Crippen LogP contribution < -0.4 is 9.62 Å². The van der Waals surface area contributed by atoms with E-state index < -0.39 is 40.2 Å². The van der Waals surface area contributed by atoms with Crippen molar-refractivity contribution in [2.45, 2.75) is 38.3 Å². The summed E-state index contributed by atoms with van der Waals surface area (Å²) in [5.74, 6) is -1.68. The third-order valence-corrected chi connectivity index (χ3v) is 8.21. The van der Waals surface area contributed by atoms with Gasteiger partial charge in [0, 0.05) is 24.2 Å². The van der Waals surface area contributed by atoms with Gasteiger partial charge in [-0.05, 0) is 74.4 Å². The van der Waals surface area contributed by atoms with E-state index in [9.17, 15) is 22.4 Å². The van der Waals surface area contributed by atoms with Crippen LogP contribution in [0.4, 0.5) is 10.1 Å². The molecule has 0 aromatic heterocycles. The Bertz CT molecular complexity index is 1400. The van der Waals surface area contributed by atoms with E-state index in [-0.39, 0.29) is 22.7 Å². The summed E-state index contributed by atoms with van der Waals surface area (Å²) in [6, 6.07) is 15.6. The Morgan fingerprint density at radius 3 is 2.24 bits per heavy atom. The maximum atomic E-state index is 14.5. The molecule has 0 unspecified atom stereocenters. The molecule has 0 aliphatic carbocycles. The number of carbonyl (C=O) groups excluding carboxylic acids is 2. The molecule has 0 saturated carbocycles. The maximum Gasteiger partial charge on any atom is 0.264 e. The Balaban J connectivity index is 2.07. The summed E-state index contributed by atoms with van der Waals surface area (Å²) in [6.07, 6.45) is 0. The van der Waals surface area contributed by atoms with Crippen molar-refractivity contribution >= 4 is 39.1 Å². The lowest BCUT2D eigenvalue weighted by Crippen LogP contribution is -2.50. The highest BCUT2D eigenvalue weighted by atomic mass is 35.5. The number of nitrogens with one attached hydrogen (secondary N) is 1. The third kappa shape index (κ3) is 6.47. The van der Waals surface area contributed by atoms with E-state index >= 15 is 0 Å². The summed E-state index contributed by atoms with van der Waals surface area (Å²) in [6.45, 7) is 4.41. The normalized spacial score (nSPS) is 12.1. The van der Waals surface area contributed by atoms with Gasteiger partial charge in [0.15, 0.2) is 0 Å². The van der Waals surface area contributed by atoms with E-state index in [2.05, 4.69) is 5.32 Å². The maximum absolute atomic E-state index is 14.5. The topological polar surface area (TPSA) is 86.8 Å². The quantitative estimate of drug-likeness (QED) is 0.430. The summed E-state index contributed by atoms with van der Waals surface area (Å²) >= 11 is 5.95. The Kier molecular flexibility index (Phi) is 8.94. The number of amides is 2. The van der Waals surface area contributed by atoms with Gasteiger partial charge in [0.05, 0.1) is 10.6 Å². The number of sulfonamides is 1. The van der Waals surface area contributed by atoms with E-state index in [4.69, 9.17) is 11.6 Å². The molecule has 0 spiro atoms. The first-order chi connectivity index (χ1) is 17.4. The van der Waals surface area contributed by atoms with Crippen LogP contribution >= 0.6 is 11.6 Å². The molecule has 0 saturated heterocycles. The van der Waals surface area contributed by atoms with Crippen molar-refractivity contribution in [3.63, 3.8) is 0 Å². The molecule has 0 aliphatic heterocycles. The molecule has 0 bridgehead atoms. The van der Waals surface area contributed by atoms with Gasteiger partial charge in [-0.25, -0.2) is 12.8 Å². The summed E-state index contributed by atoms with van der Waals surface area (Å²) in [7, 11) is -2.78. The molecular weight excluding hydrogens is 517 g/mol. The van der Waals surface area contributed by atoms with Crippen molar-refractivity contribution < 1.29 is 22.4 Å². The second kappa shape index (κ2) is 11.7. The van der Waals surface area contributed by atoms with Crippen LogP contribution in [0.2, 0.25) is 5.02 Å². The molecule has 0 aliphatic rings. The second-order valence-electron chi connectivity index (χ2n) is 8.64.